The minimum Gasteiger partial charge on any atom is -0.545 e. The highest BCUT2D eigenvalue weighted by Crippen LogP contribution is 2.26. The Labute approximate surface area is 144 Å². The van der Waals surface area contributed by atoms with Gasteiger partial charge in [0.15, 0.2) is 0 Å². The normalized spacial score (nSPS) is 15.4. The zero-order chi connectivity index (χ0) is 18.0. The van der Waals surface area contributed by atoms with Gasteiger partial charge in [0.2, 0.25) is 0 Å². The second-order valence-electron chi connectivity index (χ2n) is 5.44. The predicted octanol–water partition coefficient (Wildman–Crippen LogP) is 1.86. The highest BCUT2D eigenvalue weighted by molar-refractivity contribution is 6.32. The van der Waals surface area contributed by atoms with Crippen LogP contribution in [0.15, 0.2) is 59.2 Å². The Morgan fingerprint density at radius 1 is 1.20 bits per heavy atom. The molecule has 0 saturated carbocycles. The van der Waals surface area contributed by atoms with E-state index in [2.05, 4.69) is 5.10 Å². The van der Waals surface area contributed by atoms with E-state index in [-0.39, 0.29) is 17.2 Å². The number of anilines is 1. The summed E-state index contributed by atoms with van der Waals surface area (Å²) < 4.78 is 5.01. The lowest BCUT2D eigenvalue weighted by Gasteiger charge is -2.11. The molecular formula is C19H15N2O4-. The molecule has 25 heavy (non-hydrogen) atoms. The van der Waals surface area contributed by atoms with E-state index in [1.807, 2.05) is 18.2 Å². The molecule has 1 aliphatic rings. The van der Waals surface area contributed by atoms with Crippen LogP contribution in [0.25, 0.3) is 6.08 Å². The Morgan fingerprint density at radius 3 is 2.56 bits per heavy atom. The summed E-state index contributed by atoms with van der Waals surface area (Å²) in [6.07, 6.45) is 1.61. The second-order valence-corrected chi connectivity index (χ2v) is 5.44. The van der Waals surface area contributed by atoms with Crippen molar-refractivity contribution in [2.45, 2.75) is 6.92 Å². The van der Waals surface area contributed by atoms with Gasteiger partial charge in [-0.25, -0.2) is 0 Å². The molecule has 0 saturated heterocycles. The number of amides is 1. The molecule has 0 atom stereocenters. The Hall–Kier alpha value is -3.41. The van der Waals surface area contributed by atoms with Crippen molar-refractivity contribution >= 4 is 29.4 Å². The van der Waals surface area contributed by atoms with Crippen LogP contribution in [0.2, 0.25) is 0 Å². The van der Waals surface area contributed by atoms with Crippen molar-refractivity contribution in [2.75, 3.05) is 12.1 Å². The first-order valence-corrected chi connectivity index (χ1v) is 7.57. The molecule has 2 aromatic rings. The van der Waals surface area contributed by atoms with Crippen LogP contribution in [-0.4, -0.2) is 24.7 Å². The van der Waals surface area contributed by atoms with Gasteiger partial charge >= 0.3 is 0 Å². The van der Waals surface area contributed by atoms with E-state index >= 15 is 0 Å². The van der Waals surface area contributed by atoms with Gasteiger partial charge in [-0.1, -0.05) is 24.3 Å². The number of rotatable bonds is 4. The van der Waals surface area contributed by atoms with Gasteiger partial charge in [-0.05, 0) is 42.8 Å². The van der Waals surface area contributed by atoms with Crippen LogP contribution in [0.3, 0.4) is 0 Å². The van der Waals surface area contributed by atoms with Gasteiger partial charge < -0.3 is 14.6 Å². The maximum absolute atomic E-state index is 12.7. The molecule has 0 radical (unpaired) electrons. The molecule has 0 aliphatic carbocycles. The van der Waals surface area contributed by atoms with E-state index < -0.39 is 5.97 Å². The minimum absolute atomic E-state index is 0.0724. The third-order valence-electron chi connectivity index (χ3n) is 3.82. The Balaban J connectivity index is 1.97. The van der Waals surface area contributed by atoms with E-state index in [4.69, 9.17) is 4.74 Å². The lowest BCUT2D eigenvalue weighted by Crippen LogP contribution is -2.23. The van der Waals surface area contributed by atoms with Crippen molar-refractivity contribution in [2.24, 2.45) is 5.10 Å². The first-order chi connectivity index (χ1) is 12.0. The monoisotopic (exact) mass is 335 g/mol. The highest BCUT2D eigenvalue weighted by atomic mass is 16.5. The fourth-order valence-electron chi connectivity index (χ4n) is 2.57. The molecule has 0 unspecified atom stereocenters. The number of carboxylic acids is 1. The maximum atomic E-state index is 12.7. The molecule has 1 amide bonds. The van der Waals surface area contributed by atoms with Crippen molar-refractivity contribution in [3.8, 4) is 5.75 Å². The van der Waals surface area contributed by atoms with E-state index in [0.717, 1.165) is 0 Å². The van der Waals surface area contributed by atoms with E-state index in [1.165, 1.54) is 24.3 Å². The van der Waals surface area contributed by atoms with Crippen LogP contribution in [0.5, 0.6) is 5.75 Å². The SMILES string of the molecule is COc1ccc(/C=C2\C(=O)N(c3ccccc3)N=C2C)cc1C(=O)[O-]. The van der Waals surface area contributed by atoms with Crippen molar-refractivity contribution in [1.82, 2.24) is 0 Å². The number of nitrogens with zero attached hydrogens (tertiary/aromatic N) is 2. The fourth-order valence-corrected chi connectivity index (χ4v) is 2.57. The van der Waals surface area contributed by atoms with Gasteiger partial charge in [-0.15, -0.1) is 0 Å². The quantitative estimate of drug-likeness (QED) is 0.799. The smallest absolute Gasteiger partial charge is 0.280 e. The molecule has 1 aliphatic heterocycles. The number of aromatic carboxylic acids is 1. The number of carbonyl (C=O) groups excluding carboxylic acids is 2. The maximum Gasteiger partial charge on any atom is 0.280 e. The summed E-state index contributed by atoms with van der Waals surface area (Å²) in [5.41, 5.74) is 2.10. The van der Waals surface area contributed by atoms with Gasteiger partial charge in [0, 0.05) is 5.56 Å². The average molecular weight is 335 g/mol. The van der Waals surface area contributed by atoms with E-state index in [1.54, 1.807) is 31.2 Å². The molecule has 0 fully saturated rings. The summed E-state index contributed by atoms with van der Waals surface area (Å²) in [7, 11) is 1.38. The molecule has 126 valence electrons. The third-order valence-corrected chi connectivity index (χ3v) is 3.82. The predicted molar refractivity (Wildman–Crippen MR) is 92.3 cm³/mol. The van der Waals surface area contributed by atoms with Crippen molar-refractivity contribution in [3.63, 3.8) is 0 Å². The molecule has 2 aromatic carbocycles. The molecule has 0 bridgehead atoms. The number of benzene rings is 2. The molecule has 6 heteroatoms. The van der Waals surface area contributed by atoms with E-state index in [9.17, 15) is 14.7 Å². The van der Waals surface area contributed by atoms with Crippen molar-refractivity contribution in [1.29, 1.82) is 0 Å². The van der Waals surface area contributed by atoms with Gasteiger partial charge in [-0.2, -0.15) is 10.1 Å². The van der Waals surface area contributed by atoms with Gasteiger partial charge in [0.25, 0.3) is 5.91 Å². The number of methoxy groups -OCH3 is 1. The molecule has 0 N–H and O–H groups in total. The van der Waals surface area contributed by atoms with Gasteiger partial charge in [0.1, 0.15) is 5.75 Å². The number of hydrazone groups is 1. The largest absolute Gasteiger partial charge is 0.545 e. The molecule has 6 nitrogen and oxygen atoms in total. The van der Waals surface area contributed by atoms with Crippen LogP contribution in [-0.2, 0) is 4.79 Å². The lowest BCUT2D eigenvalue weighted by atomic mass is 10.0. The zero-order valence-corrected chi connectivity index (χ0v) is 13.7. The fraction of sp³-hybridized carbons (Fsp3) is 0.105. The Kier molecular flexibility index (Phi) is 4.35. The summed E-state index contributed by atoms with van der Waals surface area (Å²) in [5.74, 6) is -1.41. The summed E-state index contributed by atoms with van der Waals surface area (Å²) in [6.45, 7) is 1.73. The number of ether oxygens (including phenoxy) is 1. The highest BCUT2D eigenvalue weighted by Gasteiger charge is 2.28. The van der Waals surface area contributed by atoms with Gasteiger partial charge in [0.05, 0.1) is 30.1 Å². The topological polar surface area (TPSA) is 82.0 Å². The standard InChI is InChI=1S/C19H16N2O4/c1-12-15(18(22)21(20-12)14-6-4-3-5-7-14)10-13-8-9-17(25-2)16(11-13)19(23)24/h3-11H,1-2H3,(H,23,24)/p-1/b15-10-. The van der Waals surface area contributed by atoms with E-state index in [0.29, 0.717) is 22.5 Å². The number of carbonyl (C=O) groups is 2. The lowest BCUT2D eigenvalue weighted by molar-refractivity contribution is -0.255. The Morgan fingerprint density at radius 2 is 1.92 bits per heavy atom. The minimum atomic E-state index is -1.34. The Bertz CT molecular complexity index is 901. The number of hydrogen-bond acceptors (Lipinski definition) is 5. The first-order valence-electron chi connectivity index (χ1n) is 7.57. The summed E-state index contributed by atoms with van der Waals surface area (Å²) >= 11 is 0. The summed E-state index contributed by atoms with van der Waals surface area (Å²) in [4.78, 5) is 23.9. The van der Waals surface area contributed by atoms with Crippen molar-refractivity contribution in [3.05, 3.63) is 65.2 Å². The molecular weight excluding hydrogens is 320 g/mol. The third kappa shape index (κ3) is 3.14. The molecule has 0 aromatic heterocycles. The van der Waals surface area contributed by atoms with Crippen molar-refractivity contribution < 1.29 is 19.4 Å². The summed E-state index contributed by atoms with van der Waals surface area (Å²) in [6, 6.07) is 13.7. The molecule has 1 heterocycles. The van der Waals surface area contributed by atoms with Gasteiger partial charge in [-0.3, -0.25) is 4.79 Å². The zero-order valence-electron chi connectivity index (χ0n) is 13.7. The number of carboxylic acid groups (broad SMARTS) is 1. The summed E-state index contributed by atoms with van der Waals surface area (Å²) in [5, 5.41) is 16.8. The van der Waals surface area contributed by atoms with Crippen LogP contribution in [0, 0.1) is 0 Å². The van der Waals surface area contributed by atoms with Crippen LogP contribution >= 0.6 is 0 Å². The molecule has 3 rings (SSSR count). The number of hydrogen-bond donors (Lipinski definition) is 0. The second kappa shape index (κ2) is 6.60. The van der Waals surface area contributed by atoms with Crippen LogP contribution < -0.4 is 14.9 Å². The van der Waals surface area contributed by atoms with Crippen LogP contribution in [0.4, 0.5) is 5.69 Å². The first kappa shape index (κ1) is 16.4. The average Bonchev–Trinajstić information content (AvgIpc) is 2.90. The number of para-hydroxylation sites is 1. The molecule has 0 spiro atoms. The van der Waals surface area contributed by atoms with Crippen LogP contribution in [0.1, 0.15) is 22.8 Å².